The monoisotopic (exact) mass is 298 g/mol. The summed E-state index contributed by atoms with van der Waals surface area (Å²) < 4.78 is 1.65. The number of aromatic nitrogens is 3. The second-order valence-corrected chi connectivity index (χ2v) is 4.95. The molecular weight excluding hydrogens is 287 g/mol. The fourth-order valence-electron chi connectivity index (χ4n) is 1.78. The number of carbonyl (C=O) groups is 1. The van der Waals surface area contributed by atoms with Crippen molar-refractivity contribution in [2.24, 2.45) is 7.05 Å². The van der Waals surface area contributed by atoms with E-state index < -0.39 is 0 Å². The summed E-state index contributed by atoms with van der Waals surface area (Å²) in [5, 5.41) is 7.55. The van der Waals surface area contributed by atoms with Crippen LogP contribution in [0.25, 0.3) is 0 Å². The van der Waals surface area contributed by atoms with Gasteiger partial charge in [-0.25, -0.2) is 4.98 Å². The van der Waals surface area contributed by atoms with Gasteiger partial charge in [-0.3, -0.25) is 9.48 Å². The molecule has 0 bridgehead atoms. The Balaban J connectivity index is 2.31. The van der Waals surface area contributed by atoms with Crippen LogP contribution >= 0.6 is 23.2 Å². The van der Waals surface area contributed by atoms with Gasteiger partial charge in [0.2, 0.25) is 0 Å². The number of halogens is 2. The van der Waals surface area contributed by atoms with Crippen LogP contribution in [0.4, 0.5) is 5.82 Å². The van der Waals surface area contributed by atoms with E-state index in [4.69, 9.17) is 23.2 Å². The number of pyridine rings is 1. The van der Waals surface area contributed by atoms with Gasteiger partial charge in [0.05, 0.1) is 21.3 Å². The summed E-state index contributed by atoms with van der Waals surface area (Å²) in [6, 6.07) is 1.52. The van der Waals surface area contributed by atoms with Gasteiger partial charge in [0.15, 0.2) is 5.82 Å². The number of rotatable bonds is 2. The smallest absolute Gasteiger partial charge is 0.260 e. The summed E-state index contributed by atoms with van der Waals surface area (Å²) >= 11 is 11.7. The first-order chi connectivity index (χ1) is 8.90. The maximum Gasteiger partial charge on any atom is 0.260 e. The average molecular weight is 299 g/mol. The second kappa shape index (κ2) is 5.19. The molecule has 2 aromatic rings. The maximum atomic E-state index is 12.2. The molecule has 7 heteroatoms. The molecule has 0 saturated carbocycles. The van der Waals surface area contributed by atoms with Gasteiger partial charge in [0.25, 0.3) is 5.91 Å². The summed E-state index contributed by atoms with van der Waals surface area (Å²) in [5.74, 6) is -0.0152. The molecule has 0 aliphatic carbocycles. The Kier molecular flexibility index (Phi) is 3.78. The lowest BCUT2D eigenvalue weighted by molar-refractivity contribution is 0.102. The normalized spacial score (nSPS) is 10.6. The SMILES string of the molecule is Cc1nn(C)c(C)c1C(=O)Nc1ncc(Cl)cc1Cl. The molecule has 0 radical (unpaired) electrons. The summed E-state index contributed by atoms with van der Waals surface area (Å²) in [6.07, 6.45) is 1.42. The van der Waals surface area contributed by atoms with E-state index in [0.29, 0.717) is 21.3 Å². The third-order valence-electron chi connectivity index (χ3n) is 2.78. The van der Waals surface area contributed by atoms with E-state index in [2.05, 4.69) is 15.4 Å². The summed E-state index contributed by atoms with van der Waals surface area (Å²) in [7, 11) is 1.78. The van der Waals surface area contributed by atoms with Gasteiger partial charge >= 0.3 is 0 Å². The summed E-state index contributed by atoms with van der Waals surface area (Å²) in [6.45, 7) is 3.60. The number of amides is 1. The highest BCUT2D eigenvalue weighted by Crippen LogP contribution is 2.23. The van der Waals surface area contributed by atoms with Crippen LogP contribution in [0.2, 0.25) is 10.0 Å². The lowest BCUT2D eigenvalue weighted by Gasteiger charge is -2.06. The number of anilines is 1. The van der Waals surface area contributed by atoms with Gasteiger partial charge in [-0.1, -0.05) is 23.2 Å². The Bertz CT molecular complexity index is 651. The van der Waals surface area contributed by atoms with Crippen LogP contribution in [0.15, 0.2) is 12.3 Å². The quantitative estimate of drug-likeness (QED) is 0.927. The average Bonchev–Trinajstić information content (AvgIpc) is 2.57. The highest BCUT2D eigenvalue weighted by Gasteiger charge is 2.18. The predicted octanol–water partition coefficient (Wildman–Crippen LogP) is 2.99. The molecule has 0 saturated heterocycles. The predicted molar refractivity (Wildman–Crippen MR) is 74.9 cm³/mol. The molecule has 0 atom stereocenters. The van der Waals surface area contributed by atoms with Gasteiger partial charge in [0.1, 0.15) is 0 Å². The summed E-state index contributed by atoms with van der Waals surface area (Å²) in [4.78, 5) is 16.2. The zero-order valence-electron chi connectivity index (χ0n) is 10.7. The van der Waals surface area contributed by atoms with Gasteiger partial charge in [-0.15, -0.1) is 0 Å². The lowest BCUT2D eigenvalue weighted by atomic mass is 10.2. The maximum absolute atomic E-state index is 12.2. The van der Waals surface area contributed by atoms with E-state index in [-0.39, 0.29) is 11.7 Å². The molecule has 1 amide bonds. The Labute approximate surface area is 120 Å². The van der Waals surface area contributed by atoms with Crippen molar-refractivity contribution < 1.29 is 4.79 Å². The molecule has 0 spiro atoms. The first-order valence-electron chi connectivity index (χ1n) is 5.52. The minimum absolute atomic E-state index is 0.277. The Hall–Kier alpha value is -1.59. The molecule has 19 heavy (non-hydrogen) atoms. The van der Waals surface area contributed by atoms with Gasteiger partial charge < -0.3 is 5.32 Å². The van der Waals surface area contributed by atoms with Crippen molar-refractivity contribution >= 4 is 34.9 Å². The van der Waals surface area contributed by atoms with Crippen LogP contribution in [0.1, 0.15) is 21.7 Å². The Morgan fingerprint density at radius 2 is 2.05 bits per heavy atom. The highest BCUT2D eigenvalue weighted by atomic mass is 35.5. The zero-order chi connectivity index (χ0) is 14.2. The Morgan fingerprint density at radius 3 is 2.58 bits per heavy atom. The van der Waals surface area contributed by atoms with Crippen molar-refractivity contribution in [3.8, 4) is 0 Å². The largest absolute Gasteiger partial charge is 0.305 e. The molecule has 2 aromatic heterocycles. The first kappa shape index (κ1) is 13.8. The van der Waals surface area contributed by atoms with E-state index in [0.717, 1.165) is 5.69 Å². The molecule has 5 nitrogen and oxygen atoms in total. The standard InChI is InChI=1S/C12H12Cl2N4O/c1-6-10(7(2)18(3)17-6)12(19)16-11-9(14)4-8(13)5-15-11/h4-5H,1-3H3,(H,15,16,19). The van der Waals surface area contributed by atoms with E-state index in [9.17, 15) is 4.79 Å². The zero-order valence-corrected chi connectivity index (χ0v) is 12.2. The minimum Gasteiger partial charge on any atom is -0.305 e. The van der Waals surface area contributed by atoms with Crippen molar-refractivity contribution in [2.75, 3.05) is 5.32 Å². The third kappa shape index (κ3) is 2.72. The van der Waals surface area contributed by atoms with E-state index in [1.165, 1.54) is 12.3 Å². The molecule has 2 rings (SSSR count). The molecule has 1 N–H and O–H groups in total. The van der Waals surface area contributed by atoms with E-state index >= 15 is 0 Å². The van der Waals surface area contributed by atoms with Crippen molar-refractivity contribution in [3.05, 3.63) is 39.3 Å². The van der Waals surface area contributed by atoms with E-state index in [1.807, 2.05) is 6.92 Å². The molecule has 0 aromatic carbocycles. The van der Waals surface area contributed by atoms with Crippen molar-refractivity contribution in [1.29, 1.82) is 0 Å². The van der Waals surface area contributed by atoms with E-state index in [1.54, 1.807) is 18.7 Å². The van der Waals surface area contributed by atoms with Crippen molar-refractivity contribution in [2.45, 2.75) is 13.8 Å². The van der Waals surface area contributed by atoms with Crippen LogP contribution in [0, 0.1) is 13.8 Å². The minimum atomic E-state index is -0.292. The molecular formula is C12H12Cl2N4O. The molecule has 0 aliphatic rings. The van der Waals surface area contributed by atoms with Gasteiger partial charge in [0, 0.05) is 18.9 Å². The van der Waals surface area contributed by atoms with Crippen LogP contribution in [0.5, 0.6) is 0 Å². The lowest BCUT2D eigenvalue weighted by Crippen LogP contribution is -2.15. The van der Waals surface area contributed by atoms with Crippen LogP contribution < -0.4 is 5.32 Å². The van der Waals surface area contributed by atoms with Crippen LogP contribution in [-0.2, 0) is 7.05 Å². The molecule has 0 aliphatic heterocycles. The number of carbonyl (C=O) groups excluding carboxylic acids is 1. The van der Waals surface area contributed by atoms with Crippen molar-refractivity contribution in [3.63, 3.8) is 0 Å². The number of hydrogen-bond donors (Lipinski definition) is 1. The van der Waals surface area contributed by atoms with Crippen LogP contribution in [-0.4, -0.2) is 20.7 Å². The van der Waals surface area contributed by atoms with Crippen molar-refractivity contribution in [1.82, 2.24) is 14.8 Å². The topological polar surface area (TPSA) is 59.8 Å². The number of aryl methyl sites for hydroxylation is 2. The molecule has 0 unspecified atom stereocenters. The summed E-state index contributed by atoms with van der Waals surface area (Å²) in [5.41, 5.74) is 1.96. The molecule has 2 heterocycles. The Morgan fingerprint density at radius 1 is 1.37 bits per heavy atom. The number of nitrogens with zero attached hydrogens (tertiary/aromatic N) is 3. The van der Waals surface area contributed by atoms with Gasteiger partial charge in [-0.05, 0) is 19.9 Å². The third-order valence-corrected chi connectivity index (χ3v) is 3.27. The molecule has 0 fully saturated rings. The molecule has 100 valence electrons. The van der Waals surface area contributed by atoms with Crippen LogP contribution in [0.3, 0.4) is 0 Å². The fraction of sp³-hybridized carbons (Fsp3) is 0.250. The number of nitrogens with one attached hydrogen (secondary N) is 1. The van der Waals surface area contributed by atoms with Gasteiger partial charge in [-0.2, -0.15) is 5.10 Å². The fourth-order valence-corrected chi connectivity index (χ4v) is 2.21. The highest BCUT2D eigenvalue weighted by molar-refractivity contribution is 6.36. The number of hydrogen-bond acceptors (Lipinski definition) is 3. The first-order valence-corrected chi connectivity index (χ1v) is 6.28. The second-order valence-electron chi connectivity index (χ2n) is 4.11.